The van der Waals surface area contributed by atoms with Crippen LogP contribution in [-0.4, -0.2) is 11.0 Å². The molecule has 0 unspecified atom stereocenters. The summed E-state index contributed by atoms with van der Waals surface area (Å²) in [7, 11) is 0. The van der Waals surface area contributed by atoms with E-state index in [1.807, 2.05) is 0 Å². The molecule has 0 saturated carbocycles. The molecule has 2 nitrogen and oxygen atoms in total. The number of hydrogen-bond donors (Lipinski definition) is 1. The summed E-state index contributed by atoms with van der Waals surface area (Å²) < 4.78 is 38.6. The van der Waals surface area contributed by atoms with Gasteiger partial charge in [-0.15, -0.1) is 0 Å². The molecule has 0 aliphatic carbocycles. The number of carbonyl (C=O) groups is 1. The van der Waals surface area contributed by atoms with Gasteiger partial charge in [0.05, 0.1) is 11.3 Å². The maximum absolute atomic E-state index is 12.9. The molecule has 0 spiro atoms. The number of para-hydroxylation sites is 1. The molecule has 0 radical (unpaired) electrons. The van der Waals surface area contributed by atoms with Gasteiger partial charge in [-0.3, -0.25) is 4.79 Å². The first kappa shape index (κ1) is 22.9. The van der Waals surface area contributed by atoms with Crippen molar-refractivity contribution in [1.29, 1.82) is 0 Å². The van der Waals surface area contributed by atoms with Crippen molar-refractivity contribution in [3.63, 3.8) is 0 Å². The van der Waals surface area contributed by atoms with E-state index in [1.165, 1.54) is 63.1 Å². The van der Waals surface area contributed by atoms with Gasteiger partial charge >= 0.3 is 6.18 Å². The number of thioether (sulfide) groups is 1. The van der Waals surface area contributed by atoms with Gasteiger partial charge < -0.3 is 5.32 Å². The molecule has 6 heteroatoms. The van der Waals surface area contributed by atoms with E-state index in [9.17, 15) is 18.0 Å². The molecule has 1 aromatic carbocycles. The lowest BCUT2D eigenvalue weighted by molar-refractivity contribution is -0.136. The van der Waals surface area contributed by atoms with E-state index in [0.29, 0.717) is 5.75 Å². The van der Waals surface area contributed by atoms with Crippen molar-refractivity contribution in [1.82, 2.24) is 0 Å². The zero-order valence-electron chi connectivity index (χ0n) is 15.5. The van der Waals surface area contributed by atoms with Crippen LogP contribution in [0.2, 0.25) is 0 Å². The summed E-state index contributed by atoms with van der Waals surface area (Å²) >= 11 is 1.05. The Labute approximate surface area is 159 Å². The number of benzene rings is 1. The van der Waals surface area contributed by atoms with Gasteiger partial charge in [-0.2, -0.15) is 13.2 Å². The highest BCUT2D eigenvalue weighted by Crippen LogP contribution is 2.34. The van der Waals surface area contributed by atoms with Gasteiger partial charge in [-0.05, 0) is 18.6 Å². The highest BCUT2D eigenvalue weighted by Gasteiger charge is 2.33. The quantitative estimate of drug-likeness (QED) is 0.368. The summed E-state index contributed by atoms with van der Waals surface area (Å²) in [6.45, 7) is 2.22. The summed E-state index contributed by atoms with van der Waals surface area (Å²) in [6.07, 6.45) is 7.72. The molecular formula is C20H30F3NOS. The van der Waals surface area contributed by atoms with Crippen LogP contribution >= 0.6 is 11.8 Å². The topological polar surface area (TPSA) is 29.1 Å². The van der Waals surface area contributed by atoms with Crippen LogP contribution in [-0.2, 0) is 6.18 Å². The second-order valence-corrected chi connectivity index (χ2v) is 7.55. The van der Waals surface area contributed by atoms with Gasteiger partial charge in [0.1, 0.15) is 0 Å². The number of carbonyl (C=O) groups excluding carboxylic acids is 1. The van der Waals surface area contributed by atoms with E-state index >= 15 is 0 Å². The lowest BCUT2D eigenvalue weighted by Crippen LogP contribution is -2.13. The summed E-state index contributed by atoms with van der Waals surface area (Å²) in [5.41, 5.74) is -0.992. The number of amides is 1. The van der Waals surface area contributed by atoms with E-state index < -0.39 is 17.0 Å². The Morgan fingerprint density at radius 1 is 0.923 bits per heavy atom. The average Bonchev–Trinajstić information content (AvgIpc) is 2.59. The third-order valence-electron chi connectivity index (χ3n) is 4.20. The monoisotopic (exact) mass is 389 g/mol. The van der Waals surface area contributed by atoms with E-state index in [0.717, 1.165) is 37.1 Å². The highest BCUT2D eigenvalue weighted by atomic mass is 32.2. The van der Waals surface area contributed by atoms with Gasteiger partial charge in [0.15, 0.2) is 0 Å². The first-order chi connectivity index (χ1) is 12.4. The van der Waals surface area contributed by atoms with Gasteiger partial charge in [-0.25, -0.2) is 0 Å². The number of unbranched alkanes of at least 4 members (excludes halogenated alkanes) is 9. The van der Waals surface area contributed by atoms with Gasteiger partial charge in [-0.1, -0.05) is 88.6 Å². The van der Waals surface area contributed by atoms with Crippen LogP contribution in [0.1, 0.15) is 76.7 Å². The Morgan fingerprint density at radius 2 is 1.46 bits per heavy atom. The number of anilines is 1. The summed E-state index contributed by atoms with van der Waals surface area (Å²) in [5, 5.41) is 1.92. The fourth-order valence-electron chi connectivity index (χ4n) is 2.74. The van der Waals surface area contributed by atoms with Crippen molar-refractivity contribution < 1.29 is 18.0 Å². The number of hydrogen-bond acceptors (Lipinski definition) is 2. The Balaban J connectivity index is 2.11. The third kappa shape index (κ3) is 10.1. The smallest absolute Gasteiger partial charge is 0.316 e. The minimum absolute atomic E-state index is 0.180. The van der Waals surface area contributed by atoms with Gasteiger partial charge in [0, 0.05) is 5.75 Å². The number of alkyl halides is 3. The SMILES string of the molecule is CCCCCCCCCCCCSC(=O)Nc1ccccc1C(F)(F)F. The molecule has 1 N–H and O–H groups in total. The van der Waals surface area contributed by atoms with E-state index in [2.05, 4.69) is 12.2 Å². The van der Waals surface area contributed by atoms with Crippen molar-refractivity contribution in [2.24, 2.45) is 0 Å². The van der Waals surface area contributed by atoms with Crippen molar-refractivity contribution >= 4 is 22.7 Å². The molecule has 0 saturated heterocycles. The number of halogens is 3. The lowest BCUT2D eigenvalue weighted by Gasteiger charge is -2.13. The second kappa shape index (κ2) is 13.1. The second-order valence-electron chi connectivity index (χ2n) is 6.49. The van der Waals surface area contributed by atoms with Gasteiger partial charge in [0.2, 0.25) is 0 Å². The van der Waals surface area contributed by atoms with Crippen LogP contribution in [0.25, 0.3) is 0 Å². The Kier molecular flexibility index (Phi) is 11.5. The van der Waals surface area contributed by atoms with E-state index in [1.54, 1.807) is 0 Å². The van der Waals surface area contributed by atoms with Crippen LogP contribution in [0.3, 0.4) is 0 Å². The largest absolute Gasteiger partial charge is 0.418 e. The van der Waals surface area contributed by atoms with Crippen molar-refractivity contribution in [3.05, 3.63) is 29.8 Å². The minimum Gasteiger partial charge on any atom is -0.316 e. The number of rotatable bonds is 12. The predicted molar refractivity (Wildman–Crippen MR) is 105 cm³/mol. The van der Waals surface area contributed by atoms with Gasteiger partial charge in [0.25, 0.3) is 5.24 Å². The minimum atomic E-state index is -4.47. The molecule has 0 fully saturated rings. The normalized spacial score (nSPS) is 11.5. The molecule has 1 aromatic rings. The lowest BCUT2D eigenvalue weighted by atomic mass is 10.1. The summed E-state index contributed by atoms with van der Waals surface area (Å²) in [4.78, 5) is 11.8. The molecule has 0 atom stereocenters. The van der Waals surface area contributed by atoms with Crippen LogP contribution < -0.4 is 5.32 Å². The molecular weight excluding hydrogens is 359 g/mol. The first-order valence-electron chi connectivity index (χ1n) is 9.55. The molecule has 1 rings (SSSR count). The Morgan fingerprint density at radius 3 is 2.04 bits per heavy atom. The van der Waals surface area contributed by atoms with Crippen LogP contribution in [0.4, 0.5) is 23.7 Å². The van der Waals surface area contributed by atoms with E-state index in [4.69, 9.17) is 0 Å². The Hall–Kier alpha value is -1.17. The van der Waals surface area contributed by atoms with Crippen molar-refractivity contribution in [2.75, 3.05) is 11.1 Å². The van der Waals surface area contributed by atoms with Crippen LogP contribution in [0, 0.1) is 0 Å². The standard InChI is InChI=1S/C20H30F3NOS/c1-2-3-4-5-6-7-8-9-10-13-16-26-19(25)24-18-15-12-11-14-17(18)20(21,22)23/h11-12,14-15H,2-10,13,16H2,1H3,(H,24,25). The maximum Gasteiger partial charge on any atom is 0.418 e. The molecule has 0 heterocycles. The predicted octanol–water partition coefficient (Wildman–Crippen LogP) is 7.89. The summed E-state index contributed by atoms with van der Waals surface area (Å²) in [5.74, 6) is 0.635. The number of nitrogens with one attached hydrogen (secondary N) is 1. The van der Waals surface area contributed by atoms with Crippen LogP contribution in [0.15, 0.2) is 24.3 Å². The zero-order chi connectivity index (χ0) is 19.3. The fourth-order valence-corrected chi connectivity index (χ4v) is 3.46. The molecule has 0 bridgehead atoms. The molecule has 148 valence electrons. The molecule has 0 aromatic heterocycles. The molecule has 1 amide bonds. The highest BCUT2D eigenvalue weighted by molar-refractivity contribution is 8.13. The molecule has 26 heavy (non-hydrogen) atoms. The molecule has 0 aliphatic heterocycles. The van der Waals surface area contributed by atoms with Crippen molar-refractivity contribution in [3.8, 4) is 0 Å². The van der Waals surface area contributed by atoms with E-state index in [-0.39, 0.29) is 5.69 Å². The average molecular weight is 390 g/mol. The third-order valence-corrected chi connectivity index (χ3v) is 5.06. The van der Waals surface area contributed by atoms with Crippen molar-refractivity contribution in [2.45, 2.75) is 77.3 Å². The fraction of sp³-hybridized carbons (Fsp3) is 0.650. The zero-order valence-corrected chi connectivity index (χ0v) is 16.4. The van der Waals surface area contributed by atoms with Crippen LogP contribution in [0.5, 0.6) is 0 Å². The summed E-state index contributed by atoms with van der Waals surface area (Å²) in [6, 6.07) is 5.05. The molecule has 0 aliphatic rings. The first-order valence-corrected chi connectivity index (χ1v) is 10.5. The maximum atomic E-state index is 12.9. The Bertz CT molecular complexity index is 520.